The van der Waals surface area contributed by atoms with Gasteiger partial charge in [-0.15, -0.1) is 0 Å². The molecule has 62 valence electrons. The molecular weight excluding hydrogens is 182 g/mol. The molecule has 0 bridgehead atoms. The second kappa shape index (κ2) is 8.71. The molecule has 0 aromatic carbocycles. The average molecular weight is 192 g/mol. The zero-order valence-electron chi connectivity index (χ0n) is 6.77. The largest absolute Gasteiger partial charge is 1.00 e. The van der Waals surface area contributed by atoms with Crippen LogP contribution in [0.1, 0.15) is 6.92 Å². The molecule has 0 saturated carbocycles. The Labute approximate surface area is 87.6 Å². The van der Waals surface area contributed by atoms with Gasteiger partial charge in [0, 0.05) is 0 Å². The molecule has 0 radical (unpaired) electrons. The maximum Gasteiger partial charge on any atom is 1.00 e. The molecule has 0 atom stereocenters. The van der Waals surface area contributed by atoms with E-state index in [1.807, 2.05) is 0 Å². The summed E-state index contributed by atoms with van der Waals surface area (Å²) in [6.07, 6.45) is 0. The van der Waals surface area contributed by atoms with Gasteiger partial charge in [0.15, 0.2) is 0 Å². The second-order valence-corrected chi connectivity index (χ2v) is 2.47. The molecule has 0 spiro atoms. The maximum atomic E-state index is 9.85. The van der Waals surface area contributed by atoms with E-state index in [9.17, 15) is 9.36 Å². The normalized spacial score (nSPS) is 8.45. The van der Waals surface area contributed by atoms with Crippen LogP contribution in [0.4, 0.5) is 4.79 Å². The first-order valence-electron chi connectivity index (χ1n) is 2.33. The van der Waals surface area contributed by atoms with Gasteiger partial charge in [-0.05, 0) is 0 Å². The molecule has 2 N–H and O–H groups in total. The average Bonchev–Trinajstić information content (AvgIpc) is 1.89. The van der Waals surface area contributed by atoms with Crippen LogP contribution in [-0.2, 0) is 9.30 Å². The topological polar surface area (TPSA) is 83.8 Å². The number of carbonyl (C=O) groups is 1. The van der Waals surface area contributed by atoms with Crippen molar-refractivity contribution in [2.24, 2.45) is 0 Å². The number of carbonyl (C=O) groups excluding carboxylic acids is 1. The van der Waals surface area contributed by atoms with Crippen LogP contribution in [0.25, 0.3) is 0 Å². The van der Waals surface area contributed by atoms with Crippen molar-refractivity contribution >= 4 is 13.3 Å². The van der Waals surface area contributed by atoms with Crippen LogP contribution in [0.3, 0.4) is 0 Å². The van der Waals surface area contributed by atoms with Crippen molar-refractivity contribution < 1.29 is 53.4 Å². The summed E-state index contributed by atoms with van der Waals surface area (Å²) in [7, 11) is -3.71. The van der Waals surface area contributed by atoms with Gasteiger partial charge in [0.1, 0.15) is 0 Å². The van der Waals surface area contributed by atoms with Crippen LogP contribution in [0.5, 0.6) is 0 Å². The first-order chi connectivity index (χ1) is 4.48. The molecule has 0 aliphatic heterocycles. The third kappa shape index (κ3) is 10.6. The second-order valence-electron chi connectivity index (χ2n) is 1.01. The van der Waals surface area contributed by atoms with E-state index >= 15 is 0 Å². The molecule has 0 fully saturated rings. The summed E-state index contributed by atoms with van der Waals surface area (Å²) in [5, 5.41) is 0. The van der Waals surface area contributed by atoms with Crippen molar-refractivity contribution in [3.63, 3.8) is 0 Å². The van der Waals surface area contributed by atoms with Gasteiger partial charge in [-0.25, -0.2) is 9.36 Å². The summed E-state index contributed by atoms with van der Waals surface area (Å²) in [6.45, 7) is 5.00. The SMILES string of the molecule is COC(=O)P(=O)(O)O.[CH2-]C.[Na+]. The predicted octanol–water partition coefficient (Wildman–Crippen LogP) is -2.23. The van der Waals surface area contributed by atoms with Crippen LogP contribution < -0.4 is 29.6 Å². The van der Waals surface area contributed by atoms with Gasteiger partial charge in [-0.2, -0.15) is 6.92 Å². The molecule has 0 aromatic rings. The van der Waals surface area contributed by atoms with Gasteiger partial charge in [-0.1, -0.05) is 0 Å². The van der Waals surface area contributed by atoms with Gasteiger partial charge < -0.3 is 21.4 Å². The van der Waals surface area contributed by atoms with E-state index in [1.165, 1.54) is 0 Å². The maximum absolute atomic E-state index is 9.85. The number of ether oxygens (including phenoxy) is 1. The fourth-order valence-corrected chi connectivity index (χ4v) is 0.357. The van der Waals surface area contributed by atoms with Crippen molar-refractivity contribution in [2.75, 3.05) is 7.11 Å². The van der Waals surface area contributed by atoms with E-state index in [4.69, 9.17) is 9.79 Å². The fourth-order valence-electron chi connectivity index (χ4n) is 0.119. The van der Waals surface area contributed by atoms with Gasteiger partial charge in [-0.3, -0.25) is 0 Å². The number of methoxy groups -OCH3 is 1. The van der Waals surface area contributed by atoms with E-state index in [0.717, 1.165) is 7.11 Å². The number of hydrogen-bond donors (Lipinski definition) is 2. The molecule has 7 heteroatoms. The van der Waals surface area contributed by atoms with E-state index in [1.54, 1.807) is 6.92 Å². The summed E-state index contributed by atoms with van der Waals surface area (Å²) in [4.78, 5) is 25.7. The molecule has 0 saturated heterocycles. The van der Waals surface area contributed by atoms with Crippen molar-refractivity contribution in [3.8, 4) is 0 Å². The standard InChI is InChI=1S/C2H5O5P.C2H5.Na/c1-7-2(3)8(4,5)6;1-2;/h1H3,(H2,4,5,6);1H2,2H3;/q;-1;+1. The Kier molecular flexibility index (Phi) is 14.0. The molecule has 0 amide bonds. The molecular formula is C4H10NaO5P. The van der Waals surface area contributed by atoms with E-state index < -0.39 is 13.3 Å². The predicted molar refractivity (Wildman–Crippen MR) is 35.5 cm³/mol. The Morgan fingerprint density at radius 3 is 1.73 bits per heavy atom. The molecule has 0 unspecified atom stereocenters. The zero-order chi connectivity index (χ0) is 8.78. The summed E-state index contributed by atoms with van der Waals surface area (Å²) >= 11 is 0. The molecule has 0 aliphatic rings. The van der Waals surface area contributed by atoms with Crippen molar-refractivity contribution in [3.05, 3.63) is 6.92 Å². The Morgan fingerprint density at radius 1 is 1.45 bits per heavy atom. The first kappa shape index (κ1) is 17.6. The van der Waals surface area contributed by atoms with Crippen LogP contribution in [0.15, 0.2) is 0 Å². The van der Waals surface area contributed by atoms with Gasteiger partial charge >= 0.3 is 42.9 Å². The van der Waals surface area contributed by atoms with Gasteiger partial charge in [0.05, 0.1) is 7.11 Å². The van der Waals surface area contributed by atoms with E-state index in [0.29, 0.717) is 0 Å². The third-order valence-electron chi connectivity index (χ3n) is 0.412. The summed E-state index contributed by atoms with van der Waals surface area (Å²) < 4.78 is 13.5. The molecule has 0 heterocycles. The Hall–Kier alpha value is 0.620. The minimum Gasteiger partial charge on any atom is -0.460 e. The van der Waals surface area contributed by atoms with Crippen LogP contribution >= 0.6 is 7.60 Å². The molecule has 0 aliphatic carbocycles. The number of rotatable bonds is 1. The van der Waals surface area contributed by atoms with Crippen molar-refractivity contribution in [1.29, 1.82) is 0 Å². The summed E-state index contributed by atoms with van der Waals surface area (Å²) in [5.74, 6) is 0. The van der Waals surface area contributed by atoms with Crippen LogP contribution in [0, 0.1) is 6.92 Å². The first-order valence-corrected chi connectivity index (χ1v) is 3.94. The molecule has 0 aromatic heterocycles. The summed E-state index contributed by atoms with van der Waals surface area (Å²) in [6, 6.07) is 0. The van der Waals surface area contributed by atoms with Crippen LogP contribution in [0.2, 0.25) is 0 Å². The van der Waals surface area contributed by atoms with E-state index in [-0.39, 0.29) is 29.6 Å². The fraction of sp³-hybridized carbons (Fsp3) is 0.500. The Morgan fingerprint density at radius 2 is 1.73 bits per heavy atom. The molecule has 11 heavy (non-hydrogen) atoms. The van der Waals surface area contributed by atoms with Gasteiger partial charge in [0.25, 0.3) is 0 Å². The zero-order valence-corrected chi connectivity index (χ0v) is 9.67. The third-order valence-corrected chi connectivity index (χ3v) is 1.07. The van der Waals surface area contributed by atoms with Crippen LogP contribution in [-0.4, -0.2) is 22.6 Å². The Balaban J connectivity index is -0.000000196. The minimum absolute atomic E-state index is 0. The van der Waals surface area contributed by atoms with Crippen molar-refractivity contribution in [1.82, 2.24) is 0 Å². The van der Waals surface area contributed by atoms with Gasteiger partial charge in [0.2, 0.25) is 0 Å². The monoisotopic (exact) mass is 192 g/mol. The Bertz CT molecular complexity index is 141. The number of hydrogen-bond acceptors (Lipinski definition) is 3. The van der Waals surface area contributed by atoms with Crippen molar-refractivity contribution in [2.45, 2.75) is 6.92 Å². The minimum atomic E-state index is -4.62. The quantitative estimate of drug-likeness (QED) is 0.279. The summed E-state index contributed by atoms with van der Waals surface area (Å²) in [5.41, 5.74) is -1.50. The molecule has 0 rings (SSSR count). The smallest absolute Gasteiger partial charge is 0.460 e. The molecule has 5 nitrogen and oxygen atoms in total. The van der Waals surface area contributed by atoms with E-state index in [2.05, 4.69) is 11.7 Å².